The predicted molar refractivity (Wildman–Crippen MR) is 100 cm³/mol. The number of hydrogen-bond donors (Lipinski definition) is 2. The van der Waals surface area contributed by atoms with E-state index >= 15 is 0 Å². The monoisotopic (exact) mass is 327 g/mol. The lowest BCUT2D eigenvalue weighted by Crippen LogP contribution is -2.39. The lowest BCUT2D eigenvalue weighted by Gasteiger charge is -2.20. The molecule has 24 heavy (non-hydrogen) atoms. The lowest BCUT2D eigenvalue weighted by atomic mass is 9.89. The maximum atomic E-state index is 4.79. The highest BCUT2D eigenvalue weighted by Gasteiger charge is 2.15. The third-order valence-electron chi connectivity index (χ3n) is 4.04. The van der Waals surface area contributed by atoms with Crippen molar-refractivity contribution in [2.24, 2.45) is 10.9 Å². The fraction of sp³-hybridized carbons (Fsp3) is 0.474. The average molecular weight is 327 g/mol. The molecule has 1 unspecified atom stereocenters. The molecule has 5 heteroatoms. The van der Waals surface area contributed by atoms with Crippen LogP contribution in [0.15, 0.2) is 54.0 Å². The topological polar surface area (TPSA) is 54.2 Å². The Balaban J connectivity index is 1.94. The van der Waals surface area contributed by atoms with Gasteiger partial charge in [0.1, 0.15) is 0 Å². The van der Waals surface area contributed by atoms with Crippen LogP contribution in [0.1, 0.15) is 32.3 Å². The van der Waals surface area contributed by atoms with E-state index in [1.807, 2.05) is 30.6 Å². The van der Waals surface area contributed by atoms with Gasteiger partial charge in [0.2, 0.25) is 0 Å². The number of rotatable bonds is 8. The Kier molecular flexibility index (Phi) is 7.33. The highest BCUT2D eigenvalue weighted by Crippen LogP contribution is 2.23. The van der Waals surface area contributed by atoms with Crippen LogP contribution in [-0.2, 0) is 6.54 Å². The van der Waals surface area contributed by atoms with Crippen molar-refractivity contribution in [1.29, 1.82) is 0 Å². The van der Waals surface area contributed by atoms with Crippen LogP contribution in [0, 0.1) is 5.92 Å². The van der Waals surface area contributed by atoms with Crippen molar-refractivity contribution >= 4 is 5.96 Å². The van der Waals surface area contributed by atoms with Crippen LogP contribution in [0.4, 0.5) is 0 Å². The molecule has 2 rings (SSSR count). The van der Waals surface area contributed by atoms with Gasteiger partial charge in [-0.15, -0.1) is 0 Å². The summed E-state index contributed by atoms with van der Waals surface area (Å²) in [4.78, 5) is 9.03. The highest BCUT2D eigenvalue weighted by atomic mass is 15.2. The third kappa shape index (κ3) is 5.72. The van der Waals surface area contributed by atoms with Gasteiger partial charge in [-0.25, -0.2) is 0 Å². The minimum absolute atomic E-state index is 0.374. The molecule has 0 aliphatic carbocycles. The van der Waals surface area contributed by atoms with Crippen molar-refractivity contribution in [2.75, 3.05) is 19.6 Å². The molecule has 0 saturated heterocycles. The van der Waals surface area contributed by atoms with Gasteiger partial charge in [0.25, 0.3) is 0 Å². The van der Waals surface area contributed by atoms with Gasteiger partial charge in [-0.1, -0.05) is 19.9 Å². The summed E-state index contributed by atoms with van der Waals surface area (Å²) in [5.74, 6) is 1.76. The molecule has 0 fully saturated rings. The van der Waals surface area contributed by atoms with Gasteiger partial charge in [-0.2, -0.15) is 0 Å². The van der Waals surface area contributed by atoms with E-state index in [0.717, 1.165) is 32.1 Å². The predicted octanol–water partition coefficient (Wildman–Crippen LogP) is 2.88. The van der Waals surface area contributed by atoms with Crippen LogP contribution < -0.4 is 10.6 Å². The molecular formula is C19H29N5. The first-order valence-corrected chi connectivity index (χ1v) is 8.73. The second-order valence-electron chi connectivity index (χ2n) is 6.20. The zero-order valence-corrected chi connectivity index (χ0v) is 14.9. The molecule has 0 spiro atoms. The number of nitrogens with one attached hydrogen (secondary N) is 2. The fourth-order valence-electron chi connectivity index (χ4n) is 2.65. The summed E-state index contributed by atoms with van der Waals surface area (Å²) in [6.45, 7) is 9.94. The Morgan fingerprint density at radius 2 is 2.00 bits per heavy atom. The third-order valence-corrected chi connectivity index (χ3v) is 4.04. The Bertz CT molecular complexity index is 589. The van der Waals surface area contributed by atoms with Crippen molar-refractivity contribution < 1.29 is 0 Å². The molecule has 0 bridgehead atoms. The number of guanidine groups is 1. The normalized spacial score (nSPS) is 13.1. The van der Waals surface area contributed by atoms with Gasteiger partial charge in [0.15, 0.2) is 5.96 Å². The zero-order valence-electron chi connectivity index (χ0n) is 14.9. The SMILES string of the molecule is CCNC(=NCC(c1cccnc1)C(C)C)NCCn1cccc1. The number of pyridine rings is 1. The maximum Gasteiger partial charge on any atom is 0.191 e. The number of hydrogen-bond acceptors (Lipinski definition) is 2. The lowest BCUT2D eigenvalue weighted by molar-refractivity contribution is 0.504. The van der Waals surface area contributed by atoms with Gasteiger partial charge < -0.3 is 15.2 Å². The van der Waals surface area contributed by atoms with E-state index in [2.05, 4.69) is 59.4 Å². The molecule has 5 nitrogen and oxygen atoms in total. The Labute approximate surface area is 145 Å². The Hall–Kier alpha value is -2.30. The molecule has 2 N–H and O–H groups in total. The van der Waals surface area contributed by atoms with Crippen LogP contribution in [0.25, 0.3) is 0 Å². The fourth-order valence-corrected chi connectivity index (χ4v) is 2.65. The molecular weight excluding hydrogens is 298 g/mol. The molecule has 0 aliphatic rings. The molecule has 0 saturated carbocycles. The molecule has 0 amide bonds. The van der Waals surface area contributed by atoms with E-state index < -0.39 is 0 Å². The second-order valence-corrected chi connectivity index (χ2v) is 6.20. The summed E-state index contributed by atoms with van der Waals surface area (Å²) in [7, 11) is 0. The molecule has 1 atom stereocenters. The van der Waals surface area contributed by atoms with Crippen LogP contribution in [0.3, 0.4) is 0 Å². The molecule has 2 aromatic heterocycles. The summed E-state index contributed by atoms with van der Waals surface area (Å²) >= 11 is 0. The van der Waals surface area contributed by atoms with Gasteiger partial charge in [-0.3, -0.25) is 9.98 Å². The first-order valence-electron chi connectivity index (χ1n) is 8.73. The van der Waals surface area contributed by atoms with Gasteiger partial charge in [0.05, 0.1) is 0 Å². The second kappa shape index (κ2) is 9.75. The smallest absolute Gasteiger partial charge is 0.191 e. The van der Waals surface area contributed by atoms with E-state index in [1.54, 1.807) is 0 Å². The van der Waals surface area contributed by atoms with Gasteiger partial charge in [0, 0.05) is 56.9 Å². The van der Waals surface area contributed by atoms with Crippen LogP contribution in [-0.4, -0.2) is 35.1 Å². The Morgan fingerprint density at radius 1 is 1.21 bits per heavy atom. The summed E-state index contributed by atoms with van der Waals surface area (Å²) in [6, 6.07) is 8.22. The van der Waals surface area contributed by atoms with Crippen LogP contribution in [0.5, 0.6) is 0 Å². The van der Waals surface area contributed by atoms with Crippen molar-refractivity contribution in [3.63, 3.8) is 0 Å². The Morgan fingerprint density at radius 3 is 2.62 bits per heavy atom. The largest absolute Gasteiger partial charge is 0.357 e. The van der Waals surface area contributed by atoms with Gasteiger partial charge in [-0.05, 0) is 36.6 Å². The van der Waals surface area contributed by atoms with Crippen molar-refractivity contribution in [3.8, 4) is 0 Å². The zero-order chi connectivity index (χ0) is 17.2. The first kappa shape index (κ1) is 18.0. The van der Waals surface area contributed by atoms with Crippen LogP contribution in [0.2, 0.25) is 0 Å². The minimum atomic E-state index is 0.374. The molecule has 0 aliphatic heterocycles. The molecule has 0 aromatic carbocycles. The van der Waals surface area contributed by atoms with Crippen molar-refractivity contribution in [2.45, 2.75) is 33.2 Å². The van der Waals surface area contributed by atoms with Crippen LogP contribution >= 0.6 is 0 Å². The number of aromatic nitrogens is 2. The van der Waals surface area contributed by atoms with E-state index in [0.29, 0.717) is 11.8 Å². The summed E-state index contributed by atoms with van der Waals surface area (Å²) in [6.07, 6.45) is 7.91. The van der Waals surface area contributed by atoms with Crippen molar-refractivity contribution in [3.05, 3.63) is 54.6 Å². The first-order chi connectivity index (χ1) is 11.7. The van der Waals surface area contributed by atoms with E-state index in [9.17, 15) is 0 Å². The standard InChI is InChI=1S/C19H29N5/c1-4-21-19(22-10-13-24-11-5-6-12-24)23-15-18(16(2)3)17-8-7-9-20-14-17/h5-9,11-12,14,16,18H,4,10,13,15H2,1-3H3,(H2,21,22,23). The summed E-state index contributed by atoms with van der Waals surface area (Å²) < 4.78 is 2.16. The van der Waals surface area contributed by atoms with Crippen molar-refractivity contribution in [1.82, 2.24) is 20.2 Å². The summed E-state index contributed by atoms with van der Waals surface area (Å²) in [5, 5.41) is 6.73. The molecule has 2 aromatic rings. The number of aliphatic imine (C=N–C) groups is 1. The molecule has 130 valence electrons. The average Bonchev–Trinajstić information content (AvgIpc) is 3.09. The maximum absolute atomic E-state index is 4.79. The minimum Gasteiger partial charge on any atom is -0.357 e. The van der Waals surface area contributed by atoms with E-state index in [4.69, 9.17) is 4.99 Å². The number of nitrogens with zero attached hydrogens (tertiary/aromatic N) is 3. The van der Waals surface area contributed by atoms with E-state index in [1.165, 1.54) is 5.56 Å². The summed E-state index contributed by atoms with van der Waals surface area (Å²) in [5.41, 5.74) is 1.25. The molecule has 0 radical (unpaired) electrons. The van der Waals surface area contributed by atoms with E-state index in [-0.39, 0.29) is 0 Å². The highest BCUT2D eigenvalue weighted by molar-refractivity contribution is 5.79. The van der Waals surface area contributed by atoms with Gasteiger partial charge >= 0.3 is 0 Å². The quantitative estimate of drug-likeness (QED) is 0.579. The molecule has 2 heterocycles.